The molecule has 3 N–H and O–H groups in total. The van der Waals surface area contributed by atoms with Crippen molar-refractivity contribution in [2.24, 2.45) is 5.92 Å². The minimum Gasteiger partial charge on any atom is -0.342 e. The molecular formula is C26H31N6O3+. The van der Waals surface area contributed by atoms with Crippen LogP contribution in [-0.2, 0) is 11.3 Å². The Morgan fingerprint density at radius 1 is 1.11 bits per heavy atom. The van der Waals surface area contributed by atoms with Crippen LogP contribution < -0.4 is 21.1 Å². The highest BCUT2D eigenvalue weighted by Crippen LogP contribution is 2.35. The van der Waals surface area contributed by atoms with Gasteiger partial charge in [-0.1, -0.05) is 6.07 Å². The van der Waals surface area contributed by atoms with Crippen molar-refractivity contribution in [3.8, 4) is 6.07 Å². The molecule has 4 heterocycles. The molecule has 2 aromatic rings. The second kappa shape index (κ2) is 9.55. The van der Waals surface area contributed by atoms with E-state index in [4.69, 9.17) is 5.26 Å². The monoisotopic (exact) mass is 475 g/mol. The van der Waals surface area contributed by atoms with Crippen LogP contribution in [0.3, 0.4) is 0 Å². The number of nitriles is 1. The van der Waals surface area contributed by atoms with Gasteiger partial charge in [0.25, 0.3) is 5.56 Å². The number of carbonyl (C=O) groups is 2. The van der Waals surface area contributed by atoms with E-state index in [0.717, 1.165) is 51.1 Å². The molecule has 5 rings (SSSR count). The van der Waals surface area contributed by atoms with Crippen molar-refractivity contribution in [3.05, 3.63) is 58.0 Å². The lowest BCUT2D eigenvalue weighted by Crippen LogP contribution is -3.18. The van der Waals surface area contributed by atoms with Gasteiger partial charge in [0.15, 0.2) is 0 Å². The normalized spacial score (nSPS) is 23.7. The number of benzene rings is 1. The number of hydrogen-bond donors (Lipinski definition) is 3. The van der Waals surface area contributed by atoms with Gasteiger partial charge in [-0.05, 0) is 30.7 Å². The number of anilines is 2. The standard InChI is InChI=1S/C26H30N6O3/c1-17(33)30-9-7-22(8-10-30)31-14-19-11-20(16-31)25-23(5-6-24(34)32(25)15-19)29-26(35)28-21-4-2-3-18(12-21)13-27/h2-6,12,19-20,22H,7-11,14-16H2,1H3,(H2,28,29,35)/p+1/t19-,20+/m0/s1. The van der Waals surface area contributed by atoms with Crippen molar-refractivity contribution in [1.82, 2.24) is 9.47 Å². The fourth-order valence-corrected chi connectivity index (χ4v) is 6.16. The molecule has 2 saturated heterocycles. The van der Waals surface area contributed by atoms with Crippen LogP contribution in [0.25, 0.3) is 0 Å². The topological polar surface area (TPSA) is 112 Å². The van der Waals surface area contributed by atoms with E-state index >= 15 is 0 Å². The van der Waals surface area contributed by atoms with Gasteiger partial charge in [-0.2, -0.15) is 5.26 Å². The van der Waals surface area contributed by atoms with E-state index < -0.39 is 6.03 Å². The van der Waals surface area contributed by atoms with Gasteiger partial charge in [0, 0.05) is 57.1 Å². The van der Waals surface area contributed by atoms with Gasteiger partial charge in [0.05, 0.1) is 48.1 Å². The van der Waals surface area contributed by atoms with E-state index in [0.29, 0.717) is 35.4 Å². The third kappa shape index (κ3) is 4.80. The molecular weight excluding hydrogens is 444 g/mol. The molecule has 1 unspecified atom stereocenters. The fraction of sp³-hybridized carbons (Fsp3) is 0.462. The summed E-state index contributed by atoms with van der Waals surface area (Å²) in [5.74, 6) is 0.766. The van der Waals surface area contributed by atoms with Crippen LogP contribution in [0.1, 0.15) is 43.4 Å². The zero-order valence-electron chi connectivity index (χ0n) is 19.9. The Morgan fingerprint density at radius 2 is 1.91 bits per heavy atom. The number of likely N-dealkylation sites (tertiary alicyclic amines) is 2. The van der Waals surface area contributed by atoms with Gasteiger partial charge in [-0.3, -0.25) is 9.59 Å². The Balaban J connectivity index is 1.33. The summed E-state index contributed by atoms with van der Waals surface area (Å²) >= 11 is 0. The van der Waals surface area contributed by atoms with Crippen molar-refractivity contribution in [3.63, 3.8) is 0 Å². The van der Waals surface area contributed by atoms with Crippen molar-refractivity contribution in [2.75, 3.05) is 36.8 Å². The number of amides is 3. The smallest absolute Gasteiger partial charge is 0.323 e. The van der Waals surface area contributed by atoms with Crippen LogP contribution in [0, 0.1) is 17.2 Å². The molecule has 35 heavy (non-hydrogen) atoms. The summed E-state index contributed by atoms with van der Waals surface area (Å²) in [7, 11) is 0. The summed E-state index contributed by atoms with van der Waals surface area (Å²) < 4.78 is 1.85. The second-order valence-corrected chi connectivity index (χ2v) is 10.00. The predicted molar refractivity (Wildman–Crippen MR) is 131 cm³/mol. The molecule has 1 aromatic carbocycles. The summed E-state index contributed by atoms with van der Waals surface area (Å²) in [6.45, 7) is 5.90. The Labute approximate surface area is 204 Å². The molecule has 0 saturated carbocycles. The SMILES string of the molecule is CC(=O)N1CCC([NH+]2C[C@@H]3C[C@H](C2)c2c(NC(=O)Nc4cccc(C#N)c4)ccc(=O)n2C3)CC1. The van der Waals surface area contributed by atoms with Crippen LogP contribution in [0.4, 0.5) is 16.2 Å². The molecule has 0 aliphatic carbocycles. The maximum atomic E-state index is 12.8. The largest absolute Gasteiger partial charge is 0.342 e. The molecule has 3 aliphatic rings. The van der Waals surface area contributed by atoms with E-state index in [-0.39, 0.29) is 17.4 Å². The molecule has 3 atom stereocenters. The van der Waals surface area contributed by atoms with Crippen LogP contribution in [0.15, 0.2) is 41.2 Å². The quantitative estimate of drug-likeness (QED) is 0.623. The third-order valence-corrected chi connectivity index (χ3v) is 7.75. The van der Waals surface area contributed by atoms with Gasteiger partial charge >= 0.3 is 6.03 Å². The minimum absolute atomic E-state index is 0.0272. The van der Waals surface area contributed by atoms with Crippen molar-refractivity contribution >= 4 is 23.3 Å². The number of pyridine rings is 1. The third-order valence-electron chi connectivity index (χ3n) is 7.75. The lowest BCUT2D eigenvalue weighted by molar-refractivity contribution is -0.937. The van der Waals surface area contributed by atoms with E-state index in [2.05, 4.69) is 16.7 Å². The number of rotatable bonds is 3. The first-order valence-electron chi connectivity index (χ1n) is 12.3. The zero-order chi connectivity index (χ0) is 24.5. The Hall–Kier alpha value is -3.64. The number of quaternary nitrogens is 1. The maximum Gasteiger partial charge on any atom is 0.323 e. The molecule has 2 bridgehead atoms. The number of nitrogens with one attached hydrogen (secondary N) is 3. The Bertz CT molecular complexity index is 1240. The van der Waals surface area contributed by atoms with Crippen molar-refractivity contribution in [1.29, 1.82) is 5.26 Å². The Kier molecular flexibility index (Phi) is 6.31. The minimum atomic E-state index is -0.403. The summed E-state index contributed by atoms with van der Waals surface area (Å²) in [6.07, 6.45) is 3.02. The van der Waals surface area contributed by atoms with Crippen LogP contribution in [0.5, 0.6) is 0 Å². The van der Waals surface area contributed by atoms with Gasteiger partial charge in [0.1, 0.15) is 0 Å². The molecule has 0 spiro atoms. The summed E-state index contributed by atoms with van der Waals surface area (Å²) in [5, 5.41) is 14.8. The highest BCUT2D eigenvalue weighted by Gasteiger charge is 2.42. The number of urea groups is 1. The molecule has 9 heteroatoms. The highest BCUT2D eigenvalue weighted by molar-refractivity contribution is 6.00. The van der Waals surface area contributed by atoms with E-state index in [9.17, 15) is 14.4 Å². The molecule has 3 amide bonds. The fourth-order valence-electron chi connectivity index (χ4n) is 6.16. The summed E-state index contributed by atoms with van der Waals surface area (Å²) in [4.78, 5) is 40.7. The molecule has 1 aromatic heterocycles. The number of hydrogen-bond acceptors (Lipinski definition) is 4. The van der Waals surface area contributed by atoms with E-state index in [1.165, 1.54) is 6.07 Å². The van der Waals surface area contributed by atoms with Crippen LogP contribution in [0.2, 0.25) is 0 Å². The second-order valence-electron chi connectivity index (χ2n) is 10.00. The molecule has 3 aliphatic heterocycles. The summed E-state index contributed by atoms with van der Waals surface area (Å²) in [6, 6.07) is 12.2. The Morgan fingerprint density at radius 3 is 2.66 bits per heavy atom. The first-order chi connectivity index (χ1) is 16.9. The molecule has 9 nitrogen and oxygen atoms in total. The average Bonchev–Trinajstić information content (AvgIpc) is 2.85. The lowest BCUT2D eigenvalue weighted by Gasteiger charge is -2.45. The maximum absolute atomic E-state index is 12.8. The number of fused-ring (bicyclic) bond motifs is 4. The highest BCUT2D eigenvalue weighted by atomic mass is 16.2. The van der Waals surface area contributed by atoms with Gasteiger partial charge < -0.3 is 25.0 Å². The predicted octanol–water partition coefficient (Wildman–Crippen LogP) is 1.38. The van der Waals surface area contributed by atoms with Gasteiger partial charge in [0.2, 0.25) is 5.91 Å². The lowest BCUT2D eigenvalue weighted by atomic mass is 9.81. The first kappa shape index (κ1) is 23.1. The van der Waals surface area contributed by atoms with Crippen molar-refractivity contribution in [2.45, 2.75) is 44.7 Å². The molecule has 0 radical (unpaired) electrons. The zero-order valence-corrected chi connectivity index (χ0v) is 19.9. The number of piperidine rings is 2. The van der Waals surface area contributed by atoms with E-state index in [1.807, 2.05) is 9.47 Å². The number of nitrogens with zero attached hydrogens (tertiary/aromatic N) is 3. The number of carbonyl (C=O) groups excluding carboxylic acids is 2. The number of aromatic nitrogens is 1. The first-order valence-corrected chi connectivity index (χ1v) is 12.3. The molecule has 2 fully saturated rings. The van der Waals surface area contributed by atoms with Gasteiger partial charge in [-0.25, -0.2) is 4.79 Å². The van der Waals surface area contributed by atoms with Gasteiger partial charge in [-0.15, -0.1) is 0 Å². The van der Waals surface area contributed by atoms with Crippen molar-refractivity contribution < 1.29 is 14.5 Å². The van der Waals surface area contributed by atoms with E-state index in [1.54, 1.807) is 42.2 Å². The van der Waals surface area contributed by atoms with Crippen LogP contribution >= 0.6 is 0 Å². The summed E-state index contributed by atoms with van der Waals surface area (Å²) in [5.41, 5.74) is 2.55. The van der Waals surface area contributed by atoms with Crippen LogP contribution in [-0.4, -0.2) is 53.6 Å². The average molecular weight is 476 g/mol. The molecule has 182 valence electrons.